The van der Waals surface area contributed by atoms with Crippen LogP contribution in [0.2, 0.25) is 0 Å². The average Bonchev–Trinajstić information content (AvgIpc) is 3.25. The zero-order valence-electron chi connectivity index (χ0n) is 13.0. The van der Waals surface area contributed by atoms with Gasteiger partial charge in [0.15, 0.2) is 11.0 Å². The number of hydrogen-bond donors (Lipinski definition) is 0. The molecule has 2 aromatic heterocycles. The van der Waals surface area contributed by atoms with E-state index in [2.05, 4.69) is 32.6 Å². The van der Waals surface area contributed by atoms with Gasteiger partial charge in [-0.15, -0.1) is 11.3 Å². The monoisotopic (exact) mass is 326 g/mol. The maximum Gasteiger partial charge on any atom is 0.223 e. The Hall–Kier alpha value is -2.21. The summed E-state index contributed by atoms with van der Waals surface area (Å²) in [4.78, 5) is 11.5. The largest absolute Gasteiger partial charge is 0.348 e. The van der Waals surface area contributed by atoms with Crippen molar-refractivity contribution >= 4 is 16.5 Å². The van der Waals surface area contributed by atoms with Crippen LogP contribution in [0.5, 0.6) is 0 Å². The summed E-state index contributed by atoms with van der Waals surface area (Å²) >= 11 is 1.72. The van der Waals surface area contributed by atoms with Crippen LogP contribution in [0.4, 0.5) is 5.13 Å². The molecule has 1 aliphatic rings. The maximum absolute atomic E-state index is 5.10. The Labute approximate surface area is 139 Å². The van der Waals surface area contributed by atoms with E-state index in [0.29, 0.717) is 11.8 Å². The molecule has 0 amide bonds. The summed E-state index contributed by atoms with van der Waals surface area (Å²) in [5.41, 5.74) is 2.23. The molecule has 0 spiro atoms. The van der Waals surface area contributed by atoms with Crippen molar-refractivity contribution < 1.29 is 4.52 Å². The van der Waals surface area contributed by atoms with E-state index in [1.807, 2.05) is 25.1 Å². The van der Waals surface area contributed by atoms with E-state index in [-0.39, 0.29) is 0 Å². The fourth-order valence-corrected chi connectivity index (χ4v) is 3.85. The van der Waals surface area contributed by atoms with Crippen LogP contribution in [0.1, 0.15) is 30.5 Å². The van der Waals surface area contributed by atoms with E-state index in [9.17, 15) is 0 Å². The molecule has 0 aliphatic carbocycles. The molecule has 1 saturated heterocycles. The Morgan fingerprint density at radius 2 is 1.91 bits per heavy atom. The first-order valence-electron chi connectivity index (χ1n) is 7.86. The van der Waals surface area contributed by atoms with Gasteiger partial charge in [0.1, 0.15) is 0 Å². The van der Waals surface area contributed by atoms with Crippen molar-refractivity contribution in [2.24, 2.45) is 0 Å². The highest BCUT2D eigenvalue weighted by Crippen LogP contribution is 2.32. The van der Waals surface area contributed by atoms with Crippen molar-refractivity contribution in [1.29, 1.82) is 0 Å². The third-order valence-corrected chi connectivity index (χ3v) is 5.14. The van der Waals surface area contributed by atoms with Gasteiger partial charge >= 0.3 is 0 Å². The first kappa shape index (κ1) is 14.4. The predicted molar refractivity (Wildman–Crippen MR) is 90.8 cm³/mol. The number of piperidine rings is 1. The van der Waals surface area contributed by atoms with Crippen molar-refractivity contribution in [3.8, 4) is 11.3 Å². The zero-order valence-corrected chi connectivity index (χ0v) is 13.8. The van der Waals surface area contributed by atoms with E-state index in [0.717, 1.165) is 42.6 Å². The lowest BCUT2D eigenvalue weighted by atomic mass is 9.96. The number of aromatic nitrogens is 3. The summed E-state index contributed by atoms with van der Waals surface area (Å²) in [6, 6.07) is 10.3. The molecule has 0 unspecified atom stereocenters. The molecule has 118 valence electrons. The quantitative estimate of drug-likeness (QED) is 0.731. The number of thiazole rings is 1. The van der Waals surface area contributed by atoms with Crippen molar-refractivity contribution in [3.63, 3.8) is 0 Å². The van der Waals surface area contributed by atoms with Crippen molar-refractivity contribution in [2.75, 3.05) is 18.0 Å². The predicted octanol–water partition coefficient (Wildman–Crippen LogP) is 3.89. The van der Waals surface area contributed by atoms with Crippen LogP contribution in [-0.2, 0) is 0 Å². The number of nitrogens with zero attached hydrogens (tertiary/aromatic N) is 4. The van der Waals surface area contributed by atoms with Gasteiger partial charge in [0.05, 0.1) is 5.69 Å². The van der Waals surface area contributed by atoms with Crippen LogP contribution in [0.15, 0.2) is 40.2 Å². The minimum atomic E-state index is 0.400. The van der Waals surface area contributed by atoms with E-state index >= 15 is 0 Å². The summed E-state index contributed by atoms with van der Waals surface area (Å²) in [6.45, 7) is 3.81. The molecule has 1 aliphatic heterocycles. The Morgan fingerprint density at radius 3 is 2.61 bits per heavy atom. The molecule has 6 heteroatoms. The van der Waals surface area contributed by atoms with E-state index < -0.39 is 0 Å². The molecule has 0 N–H and O–H groups in total. The summed E-state index contributed by atoms with van der Waals surface area (Å²) in [6.07, 6.45) is 2.08. The Bertz CT molecular complexity index is 775. The topological polar surface area (TPSA) is 55.1 Å². The molecular formula is C17H18N4OS. The van der Waals surface area contributed by atoms with Gasteiger partial charge in [0.2, 0.25) is 5.89 Å². The zero-order chi connectivity index (χ0) is 15.6. The first-order chi connectivity index (χ1) is 11.3. The van der Waals surface area contributed by atoms with Crippen molar-refractivity contribution in [2.45, 2.75) is 25.7 Å². The molecule has 0 radical (unpaired) electrons. The molecule has 0 saturated carbocycles. The van der Waals surface area contributed by atoms with Crippen LogP contribution in [-0.4, -0.2) is 28.2 Å². The lowest BCUT2D eigenvalue weighted by Gasteiger charge is -2.30. The minimum absolute atomic E-state index is 0.400. The molecule has 1 aromatic carbocycles. The molecule has 0 bridgehead atoms. The Balaban J connectivity index is 1.44. The number of hydrogen-bond acceptors (Lipinski definition) is 6. The molecule has 5 nitrogen and oxygen atoms in total. The smallest absolute Gasteiger partial charge is 0.223 e. The first-order valence-corrected chi connectivity index (χ1v) is 8.73. The molecule has 3 aromatic rings. The molecular weight excluding hydrogens is 308 g/mol. The summed E-state index contributed by atoms with van der Waals surface area (Å²) < 4.78 is 5.10. The highest BCUT2D eigenvalue weighted by molar-refractivity contribution is 7.14. The van der Waals surface area contributed by atoms with Crippen molar-refractivity contribution in [1.82, 2.24) is 15.1 Å². The highest BCUT2D eigenvalue weighted by atomic mass is 32.1. The van der Waals surface area contributed by atoms with Gasteiger partial charge in [0.25, 0.3) is 0 Å². The van der Waals surface area contributed by atoms with Gasteiger partial charge in [-0.25, -0.2) is 4.98 Å². The summed E-state index contributed by atoms with van der Waals surface area (Å²) in [5.74, 6) is 1.90. The summed E-state index contributed by atoms with van der Waals surface area (Å²) in [5, 5.41) is 7.30. The number of benzene rings is 1. The van der Waals surface area contributed by atoms with E-state index in [1.54, 1.807) is 11.3 Å². The molecule has 0 atom stereocenters. The van der Waals surface area contributed by atoms with E-state index in [1.165, 1.54) is 5.56 Å². The second kappa shape index (κ2) is 6.12. The molecule has 4 rings (SSSR count). The Kier molecular flexibility index (Phi) is 3.83. The number of anilines is 1. The average molecular weight is 326 g/mol. The molecule has 3 heterocycles. The van der Waals surface area contributed by atoms with Gasteiger partial charge in [-0.05, 0) is 12.8 Å². The molecule has 1 fully saturated rings. The van der Waals surface area contributed by atoms with Gasteiger partial charge in [-0.3, -0.25) is 0 Å². The second-order valence-electron chi connectivity index (χ2n) is 5.81. The normalized spacial score (nSPS) is 16.0. The van der Waals surface area contributed by atoms with Crippen LogP contribution in [0.25, 0.3) is 11.3 Å². The summed E-state index contributed by atoms with van der Waals surface area (Å²) in [7, 11) is 0. The number of aryl methyl sites for hydroxylation is 1. The molecule has 23 heavy (non-hydrogen) atoms. The third kappa shape index (κ3) is 2.99. The van der Waals surface area contributed by atoms with Gasteiger partial charge in [0, 0.05) is 36.9 Å². The van der Waals surface area contributed by atoms with Crippen molar-refractivity contribution in [3.05, 3.63) is 47.4 Å². The van der Waals surface area contributed by atoms with Crippen LogP contribution >= 0.6 is 11.3 Å². The lowest BCUT2D eigenvalue weighted by Crippen LogP contribution is -2.33. The fourth-order valence-electron chi connectivity index (χ4n) is 2.96. The second-order valence-corrected chi connectivity index (χ2v) is 6.65. The highest BCUT2D eigenvalue weighted by Gasteiger charge is 2.25. The van der Waals surface area contributed by atoms with Crippen LogP contribution < -0.4 is 4.90 Å². The van der Waals surface area contributed by atoms with Crippen LogP contribution in [0.3, 0.4) is 0 Å². The number of rotatable bonds is 3. The SMILES string of the molecule is Cc1nc(C2CCN(c3nc(-c4ccccc4)cs3)CC2)no1. The maximum atomic E-state index is 5.10. The standard InChI is InChI=1S/C17H18N4OS/c1-12-18-16(20-22-12)14-7-9-21(10-8-14)17-19-15(11-23-17)13-5-3-2-4-6-13/h2-6,11,14H,7-10H2,1H3. The van der Waals surface area contributed by atoms with Gasteiger partial charge in [-0.1, -0.05) is 35.5 Å². The minimum Gasteiger partial charge on any atom is -0.348 e. The van der Waals surface area contributed by atoms with Gasteiger partial charge in [-0.2, -0.15) is 4.98 Å². The lowest BCUT2D eigenvalue weighted by molar-refractivity contribution is 0.375. The third-order valence-electron chi connectivity index (χ3n) is 4.24. The Morgan fingerprint density at radius 1 is 1.13 bits per heavy atom. The van der Waals surface area contributed by atoms with Crippen LogP contribution in [0, 0.1) is 6.92 Å². The van der Waals surface area contributed by atoms with Gasteiger partial charge < -0.3 is 9.42 Å². The van der Waals surface area contributed by atoms with E-state index in [4.69, 9.17) is 9.51 Å². The fraction of sp³-hybridized carbons (Fsp3) is 0.353.